The number of ether oxygens (including phenoxy) is 1. The first-order valence-electron chi connectivity index (χ1n) is 7.27. The van der Waals surface area contributed by atoms with Crippen LogP contribution in [0.15, 0.2) is 59.0 Å². The Kier molecular flexibility index (Phi) is 4.34. The van der Waals surface area contributed by atoms with E-state index in [0.29, 0.717) is 17.0 Å². The molecule has 0 saturated carbocycles. The van der Waals surface area contributed by atoms with Crippen molar-refractivity contribution in [3.63, 3.8) is 0 Å². The highest BCUT2D eigenvalue weighted by Gasteiger charge is 2.19. The van der Waals surface area contributed by atoms with Crippen LogP contribution >= 0.6 is 0 Å². The van der Waals surface area contributed by atoms with Crippen molar-refractivity contribution in [3.05, 3.63) is 71.6 Å². The van der Waals surface area contributed by atoms with Crippen LogP contribution in [0.25, 0.3) is 11.5 Å². The molecule has 1 heterocycles. The van der Waals surface area contributed by atoms with Gasteiger partial charge in [-0.1, -0.05) is 18.2 Å². The lowest BCUT2D eigenvalue weighted by atomic mass is 10.1. The molecule has 1 atom stereocenters. The van der Waals surface area contributed by atoms with Gasteiger partial charge in [-0.05, 0) is 43.3 Å². The zero-order chi connectivity index (χ0) is 16.9. The molecule has 3 aromatic rings. The molecule has 0 radical (unpaired) electrons. The predicted octanol–water partition coefficient (Wildman–Crippen LogP) is 3.53. The minimum Gasteiger partial charge on any atom is -0.449 e. The van der Waals surface area contributed by atoms with Crippen LogP contribution in [0.4, 0.5) is 0 Å². The number of esters is 1. The topological polar surface area (TPSA) is 89.0 Å². The first-order chi connectivity index (χ1) is 11.7. The van der Waals surface area contributed by atoms with Gasteiger partial charge in [0.05, 0.1) is 17.2 Å². The second-order valence-electron chi connectivity index (χ2n) is 5.05. The van der Waals surface area contributed by atoms with Crippen molar-refractivity contribution in [2.75, 3.05) is 0 Å². The fourth-order valence-electron chi connectivity index (χ4n) is 2.06. The summed E-state index contributed by atoms with van der Waals surface area (Å²) in [5.74, 6) is 0.0640. The number of carbonyl (C=O) groups is 1. The second kappa shape index (κ2) is 6.75. The molecule has 0 spiro atoms. The largest absolute Gasteiger partial charge is 0.449 e. The molecule has 0 bridgehead atoms. The maximum atomic E-state index is 12.1. The van der Waals surface area contributed by atoms with Crippen LogP contribution in [0.3, 0.4) is 0 Å². The molecule has 0 fully saturated rings. The Labute approximate surface area is 138 Å². The summed E-state index contributed by atoms with van der Waals surface area (Å²) in [5.41, 5.74) is 1.62. The van der Waals surface area contributed by atoms with Gasteiger partial charge in [0.1, 0.15) is 0 Å². The Hall–Kier alpha value is -3.46. The molecule has 0 N–H and O–H groups in total. The van der Waals surface area contributed by atoms with Crippen LogP contribution in [0, 0.1) is 11.3 Å². The van der Waals surface area contributed by atoms with Crippen molar-refractivity contribution < 1.29 is 13.9 Å². The second-order valence-corrected chi connectivity index (χ2v) is 5.05. The third-order valence-corrected chi connectivity index (χ3v) is 3.34. The highest BCUT2D eigenvalue weighted by atomic mass is 16.6. The standard InChI is InChI=1S/C18H13N3O3/c1-12(23-18(22)15-9-7-13(11-19)8-10-15)16-20-21-17(24-16)14-5-3-2-4-6-14/h2-10,12H,1H3/t12-/m0/s1. The highest BCUT2D eigenvalue weighted by molar-refractivity contribution is 5.89. The van der Waals surface area contributed by atoms with Crippen LogP contribution < -0.4 is 0 Å². The van der Waals surface area contributed by atoms with E-state index in [1.165, 1.54) is 12.1 Å². The molecule has 1 aromatic heterocycles. The summed E-state index contributed by atoms with van der Waals surface area (Å²) >= 11 is 0. The lowest BCUT2D eigenvalue weighted by Crippen LogP contribution is -2.09. The summed E-state index contributed by atoms with van der Waals surface area (Å²) in [6.45, 7) is 1.66. The number of nitriles is 1. The number of nitrogens with zero attached hydrogens (tertiary/aromatic N) is 3. The summed E-state index contributed by atoms with van der Waals surface area (Å²) in [4.78, 5) is 12.1. The molecule has 3 rings (SSSR count). The Balaban J connectivity index is 1.70. The number of benzene rings is 2. The number of carbonyl (C=O) groups excluding carboxylic acids is 1. The molecule has 0 aliphatic heterocycles. The van der Waals surface area contributed by atoms with Crippen LogP contribution in [-0.4, -0.2) is 16.2 Å². The average molecular weight is 319 g/mol. The third kappa shape index (κ3) is 3.31. The first-order valence-corrected chi connectivity index (χ1v) is 7.27. The zero-order valence-electron chi connectivity index (χ0n) is 12.8. The molecule has 0 saturated heterocycles. The number of aromatic nitrogens is 2. The van der Waals surface area contributed by atoms with Gasteiger partial charge in [0.15, 0.2) is 6.10 Å². The number of hydrogen-bond acceptors (Lipinski definition) is 6. The van der Waals surface area contributed by atoms with Crippen LogP contribution in [0.1, 0.15) is 34.8 Å². The molecule has 2 aromatic carbocycles. The van der Waals surface area contributed by atoms with Gasteiger partial charge >= 0.3 is 5.97 Å². The molecule has 6 heteroatoms. The van der Waals surface area contributed by atoms with Gasteiger partial charge in [0.2, 0.25) is 5.89 Å². The predicted molar refractivity (Wildman–Crippen MR) is 84.7 cm³/mol. The SMILES string of the molecule is C[C@H](OC(=O)c1ccc(C#N)cc1)c1nnc(-c2ccccc2)o1. The monoisotopic (exact) mass is 319 g/mol. The van der Waals surface area contributed by atoms with Gasteiger partial charge in [0, 0.05) is 5.56 Å². The maximum Gasteiger partial charge on any atom is 0.338 e. The van der Waals surface area contributed by atoms with Crippen molar-refractivity contribution in [2.24, 2.45) is 0 Å². The molecule has 24 heavy (non-hydrogen) atoms. The van der Waals surface area contributed by atoms with E-state index in [2.05, 4.69) is 10.2 Å². The number of rotatable bonds is 4. The van der Waals surface area contributed by atoms with Gasteiger partial charge in [-0.2, -0.15) is 5.26 Å². The van der Waals surface area contributed by atoms with Crippen LogP contribution in [0.5, 0.6) is 0 Å². The Morgan fingerprint density at radius 3 is 2.50 bits per heavy atom. The van der Waals surface area contributed by atoms with E-state index >= 15 is 0 Å². The fourth-order valence-corrected chi connectivity index (χ4v) is 2.06. The average Bonchev–Trinajstić information content (AvgIpc) is 3.13. The van der Waals surface area contributed by atoms with E-state index in [-0.39, 0.29) is 5.89 Å². The summed E-state index contributed by atoms with van der Waals surface area (Å²) < 4.78 is 10.9. The Morgan fingerprint density at radius 2 is 1.83 bits per heavy atom. The highest BCUT2D eigenvalue weighted by Crippen LogP contribution is 2.22. The number of hydrogen-bond donors (Lipinski definition) is 0. The first kappa shape index (κ1) is 15.4. The van der Waals surface area contributed by atoms with Gasteiger partial charge < -0.3 is 9.15 Å². The quantitative estimate of drug-likeness (QED) is 0.683. The summed E-state index contributed by atoms with van der Waals surface area (Å²) in [5, 5.41) is 16.7. The van der Waals surface area contributed by atoms with Gasteiger partial charge in [-0.25, -0.2) is 4.79 Å². The molecular formula is C18H13N3O3. The van der Waals surface area contributed by atoms with E-state index < -0.39 is 12.1 Å². The van der Waals surface area contributed by atoms with E-state index in [9.17, 15) is 4.79 Å². The fraction of sp³-hybridized carbons (Fsp3) is 0.111. The van der Waals surface area contributed by atoms with Gasteiger partial charge in [-0.15, -0.1) is 10.2 Å². The van der Waals surface area contributed by atoms with Crippen molar-refractivity contribution in [2.45, 2.75) is 13.0 Å². The summed E-state index contributed by atoms with van der Waals surface area (Å²) in [7, 11) is 0. The van der Waals surface area contributed by atoms with Crippen molar-refractivity contribution in [1.82, 2.24) is 10.2 Å². The van der Waals surface area contributed by atoms with E-state index in [0.717, 1.165) is 5.56 Å². The summed E-state index contributed by atoms with van der Waals surface area (Å²) in [6.07, 6.45) is -0.682. The molecule has 0 aliphatic rings. The molecule has 118 valence electrons. The molecule has 0 amide bonds. The normalized spacial score (nSPS) is 11.5. The lowest BCUT2D eigenvalue weighted by Gasteiger charge is -2.09. The van der Waals surface area contributed by atoms with E-state index in [1.54, 1.807) is 19.1 Å². The van der Waals surface area contributed by atoms with Gasteiger partial charge in [-0.3, -0.25) is 0 Å². The third-order valence-electron chi connectivity index (χ3n) is 3.34. The molecule has 6 nitrogen and oxygen atoms in total. The molecule has 0 aliphatic carbocycles. The molecule has 0 unspecified atom stereocenters. The van der Waals surface area contributed by atoms with Crippen molar-refractivity contribution >= 4 is 5.97 Å². The van der Waals surface area contributed by atoms with Gasteiger partial charge in [0.25, 0.3) is 5.89 Å². The lowest BCUT2D eigenvalue weighted by molar-refractivity contribution is 0.0280. The molecular weight excluding hydrogens is 306 g/mol. The van der Waals surface area contributed by atoms with Crippen LogP contribution in [0.2, 0.25) is 0 Å². The Morgan fingerprint density at radius 1 is 1.12 bits per heavy atom. The van der Waals surface area contributed by atoms with E-state index in [4.69, 9.17) is 14.4 Å². The van der Waals surface area contributed by atoms with Crippen molar-refractivity contribution in [3.8, 4) is 17.5 Å². The minimum absolute atomic E-state index is 0.218. The van der Waals surface area contributed by atoms with Crippen LogP contribution in [-0.2, 0) is 4.74 Å². The maximum absolute atomic E-state index is 12.1. The Bertz CT molecular complexity index is 880. The van der Waals surface area contributed by atoms with E-state index in [1.807, 2.05) is 36.4 Å². The minimum atomic E-state index is -0.682. The summed E-state index contributed by atoms with van der Waals surface area (Å²) in [6, 6.07) is 17.5. The zero-order valence-corrected chi connectivity index (χ0v) is 12.8. The van der Waals surface area contributed by atoms with Crippen molar-refractivity contribution in [1.29, 1.82) is 5.26 Å². The smallest absolute Gasteiger partial charge is 0.338 e.